The minimum absolute atomic E-state index is 0.104. The zero-order valence-electron chi connectivity index (χ0n) is 19.3. The highest BCUT2D eigenvalue weighted by molar-refractivity contribution is 7.17. The van der Waals surface area contributed by atoms with Crippen molar-refractivity contribution in [2.24, 2.45) is 0 Å². The predicted molar refractivity (Wildman–Crippen MR) is 137 cm³/mol. The number of amides is 1. The van der Waals surface area contributed by atoms with Crippen LogP contribution in [-0.2, 0) is 13.2 Å². The molecule has 1 aliphatic rings. The number of aromatic nitrogens is 1. The molecule has 0 bridgehead atoms. The van der Waals surface area contributed by atoms with Gasteiger partial charge < -0.3 is 24.7 Å². The van der Waals surface area contributed by atoms with E-state index < -0.39 is 0 Å². The lowest BCUT2D eigenvalue weighted by molar-refractivity contribution is 0.101. The number of anilines is 1. The summed E-state index contributed by atoms with van der Waals surface area (Å²) >= 11 is 1.65. The van der Waals surface area contributed by atoms with Crippen LogP contribution in [0.3, 0.4) is 0 Å². The summed E-state index contributed by atoms with van der Waals surface area (Å²) in [5, 5.41) is 8.44. The van der Waals surface area contributed by atoms with Crippen molar-refractivity contribution in [1.29, 1.82) is 0 Å². The van der Waals surface area contributed by atoms with Crippen LogP contribution in [0.1, 0.15) is 35.8 Å². The molecule has 2 aromatic heterocycles. The van der Waals surface area contributed by atoms with Crippen molar-refractivity contribution < 1.29 is 14.3 Å². The maximum absolute atomic E-state index is 13.0. The second kappa shape index (κ2) is 10.3. The number of benzene rings is 2. The Morgan fingerprint density at radius 1 is 1.09 bits per heavy atom. The highest BCUT2D eigenvalue weighted by atomic mass is 32.1. The molecule has 176 valence electrons. The van der Waals surface area contributed by atoms with E-state index in [9.17, 15) is 4.79 Å². The molecule has 3 heterocycles. The molecule has 1 fully saturated rings. The van der Waals surface area contributed by atoms with Gasteiger partial charge in [-0.05, 0) is 92.3 Å². The van der Waals surface area contributed by atoms with Crippen LogP contribution in [0.5, 0.6) is 11.5 Å². The number of thiophene rings is 1. The number of aryl methyl sites for hydroxylation is 1. The number of piperidine rings is 1. The van der Waals surface area contributed by atoms with E-state index >= 15 is 0 Å². The Balaban J connectivity index is 1.18. The summed E-state index contributed by atoms with van der Waals surface area (Å²) in [5.74, 6) is 1.56. The molecule has 1 amide bonds. The molecule has 1 saturated heterocycles. The van der Waals surface area contributed by atoms with Crippen molar-refractivity contribution >= 4 is 33.1 Å². The summed E-state index contributed by atoms with van der Waals surface area (Å²) in [4.78, 5) is 13.0. The highest BCUT2D eigenvalue weighted by Crippen LogP contribution is 2.26. The van der Waals surface area contributed by atoms with Gasteiger partial charge in [0, 0.05) is 12.2 Å². The Labute approximate surface area is 203 Å². The normalized spacial score (nSPS) is 14.3. The van der Waals surface area contributed by atoms with Gasteiger partial charge in [-0.25, -0.2) is 0 Å². The molecule has 1 aliphatic heterocycles. The van der Waals surface area contributed by atoms with Gasteiger partial charge in [-0.15, -0.1) is 11.3 Å². The largest absolute Gasteiger partial charge is 0.490 e. The van der Waals surface area contributed by atoms with E-state index in [0.717, 1.165) is 65.4 Å². The van der Waals surface area contributed by atoms with Crippen molar-refractivity contribution in [3.05, 3.63) is 77.3 Å². The van der Waals surface area contributed by atoms with Gasteiger partial charge in [-0.3, -0.25) is 4.79 Å². The zero-order chi connectivity index (χ0) is 23.3. The Kier molecular flexibility index (Phi) is 6.83. The monoisotopic (exact) mass is 475 g/mol. The quantitative estimate of drug-likeness (QED) is 0.344. The smallest absolute Gasteiger partial charge is 0.272 e. The van der Waals surface area contributed by atoms with Crippen LogP contribution in [0.4, 0.5) is 5.69 Å². The van der Waals surface area contributed by atoms with Gasteiger partial charge in [-0.2, -0.15) is 0 Å². The van der Waals surface area contributed by atoms with Crippen LogP contribution < -0.4 is 20.1 Å². The molecule has 2 N–H and O–H groups in total. The number of ether oxygens (including phenoxy) is 2. The number of carbonyl (C=O) groups excluding carboxylic acids is 1. The predicted octanol–water partition coefficient (Wildman–Crippen LogP) is 5.68. The fraction of sp³-hybridized carbons (Fsp3) is 0.296. The van der Waals surface area contributed by atoms with Gasteiger partial charge in [0.05, 0.1) is 10.2 Å². The number of hydrogen-bond acceptors (Lipinski definition) is 5. The first-order valence-electron chi connectivity index (χ1n) is 11.8. The van der Waals surface area contributed by atoms with Crippen molar-refractivity contribution in [2.75, 3.05) is 18.4 Å². The minimum atomic E-state index is -0.104. The maximum atomic E-state index is 13.0. The maximum Gasteiger partial charge on any atom is 0.272 e. The second-order valence-corrected chi connectivity index (χ2v) is 9.37. The number of nitrogens with one attached hydrogen (secondary N) is 2. The third-order valence-electron chi connectivity index (χ3n) is 6.07. The van der Waals surface area contributed by atoms with Crippen LogP contribution in [0, 0.1) is 0 Å². The Bertz CT molecular complexity index is 1260. The van der Waals surface area contributed by atoms with Crippen molar-refractivity contribution in [1.82, 2.24) is 9.88 Å². The third kappa shape index (κ3) is 5.11. The van der Waals surface area contributed by atoms with Crippen LogP contribution >= 0.6 is 11.3 Å². The molecule has 0 radical (unpaired) electrons. The SMILES string of the molecule is CCn1c(C(=O)Nc2cccc(COc3ccc(OC4CCNCC4)cc3)c2)cc2sccc21. The molecule has 6 nitrogen and oxygen atoms in total. The van der Waals surface area contributed by atoms with Gasteiger partial charge in [0.15, 0.2) is 0 Å². The van der Waals surface area contributed by atoms with Crippen LogP contribution in [0.15, 0.2) is 66.0 Å². The van der Waals surface area contributed by atoms with Crippen LogP contribution in [0.25, 0.3) is 10.2 Å². The fourth-order valence-corrected chi connectivity index (χ4v) is 5.15. The standard InChI is InChI=1S/C27H29N3O3S/c1-2-30-24-12-15-34-26(24)17-25(30)27(31)29-20-5-3-4-19(16-20)18-32-21-6-8-22(9-7-21)33-23-10-13-28-14-11-23/h3-9,12,15-17,23,28H,2,10-11,13-14,18H2,1H3,(H,29,31). The molecular weight excluding hydrogens is 446 g/mol. The van der Waals surface area contributed by atoms with E-state index in [0.29, 0.717) is 12.3 Å². The van der Waals surface area contributed by atoms with E-state index in [4.69, 9.17) is 9.47 Å². The first kappa shape index (κ1) is 22.5. The molecule has 2 aromatic carbocycles. The van der Waals surface area contributed by atoms with Crippen molar-refractivity contribution in [3.8, 4) is 11.5 Å². The van der Waals surface area contributed by atoms with E-state index in [2.05, 4.69) is 29.0 Å². The molecule has 7 heteroatoms. The summed E-state index contributed by atoms with van der Waals surface area (Å²) in [7, 11) is 0. The molecule has 4 aromatic rings. The Hall–Kier alpha value is -3.29. The van der Waals surface area contributed by atoms with Gasteiger partial charge in [0.1, 0.15) is 29.9 Å². The number of nitrogens with zero attached hydrogens (tertiary/aromatic N) is 1. The highest BCUT2D eigenvalue weighted by Gasteiger charge is 2.16. The number of rotatable bonds is 8. The Morgan fingerprint density at radius 3 is 2.68 bits per heavy atom. The number of fused-ring (bicyclic) bond motifs is 1. The summed E-state index contributed by atoms with van der Waals surface area (Å²) in [5.41, 5.74) is 3.52. The number of carbonyl (C=O) groups is 1. The average molecular weight is 476 g/mol. The first-order chi connectivity index (χ1) is 16.7. The van der Waals surface area contributed by atoms with E-state index in [-0.39, 0.29) is 12.0 Å². The van der Waals surface area contributed by atoms with E-state index in [1.165, 1.54) is 0 Å². The zero-order valence-corrected chi connectivity index (χ0v) is 20.1. The van der Waals surface area contributed by atoms with E-state index in [1.54, 1.807) is 11.3 Å². The molecule has 0 saturated carbocycles. The molecule has 5 rings (SSSR count). The molecule has 0 atom stereocenters. The summed E-state index contributed by atoms with van der Waals surface area (Å²) < 4.78 is 15.2. The summed E-state index contributed by atoms with van der Waals surface area (Å²) in [6.07, 6.45) is 2.35. The number of hydrogen-bond donors (Lipinski definition) is 2. The third-order valence-corrected chi connectivity index (χ3v) is 6.93. The van der Waals surface area contributed by atoms with Gasteiger partial charge >= 0.3 is 0 Å². The molecular formula is C27H29N3O3S. The lowest BCUT2D eigenvalue weighted by Gasteiger charge is -2.23. The van der Waals surface area contributed by atoms with Crippen LogP contribution in [0.2, 0.25) is 0 Å². The summed E-state index contributed by atoms with van der Waals surface area (Å²) in [6, 6.07) is 19.6. The average Bonchev–Trinajstić information content (AvgIpc) is 3.46. The lowest BCUT2D eigenvalue weighted by Crippen LogP contribution is -2.34. The van der Waals surface area contributed by atoms with Gasteiger partial charge in [0.25, 0.3) is 5.91 Å². The first-order valence-corrected chi connectivity index (χ1v) is 12.6. The molecule has 0 unspecified atom stereocenters. The van der Waals surface area contributed by atoms with Gasteiger partial charge in [0.2, 0.25) is 0 Å². The molecule has 0 spiro atoms. The van der Waals surface area contributed by atoms with Gasteiger partial charge in [-0.1, -0.05) is 12.1 Å². The lowest BCUT2D eigenvalue weighted by atomic mass is 10.1. The summed E-state index contributed by atoms with van der Waals surface area (Å²) in [6.45, 7) is 5.24. The Morgan fingerprint density at radius 2 is 1.88 bits per heavy atom. The van der Waals surface area contributed by atoms with Crippen molar-refractivity contribution in [3.63, 3.8) is 0 Å². The minimum Gasteiger partial charge on any atom is -0.490 e. The molecule has 34 heavy (non-hydrogen) atoms. The fourth-order valence-electron chi connectivity index (χ4n) is 4.33. The van der Waals surface area contributed by atoms with Crippen LogP contribution in [-0.4, -0.2) is 29.7 Å². The topological polar surface area (TPSA) is 64.5 Å². The van der Waals surface area contributed by atoms with Crippen molar-refractivity contribution in [2.45, 2.75) is 39.0 Å². The second-order valence-electron chi connectivity index (χ2n) is 8.43. The van der Waals surface area contributed by atoms with E-state index in [1.807, 2.05) is 59.2 Å². The molecule has 0 aliphatic carbocycles.